The highest BCUT2D eigenvalue weighted by Gasteiger charge is 2.30. The summed E-state index contributed by atoms with van der Waals surface area (Å²) in [7, 11) is 0. The average molecular weight is 329 g/mol. The largest absolute Gasteiger partial charge is 0.480 e. The number of hydrogen-bond acceptors (Lipinski definition) is 3. The van der Waals surface area contributed by atoms with Crippen LogP contribution in [0.15, 0.2) is 42.5 Å². The predicted octanol–water partition coefficient (Wildman–Crippen LogP) is 4.05. The van der Waals surface area contributed by atoms with Crippen LogP contribution in [-0.4, -0.2) is 33.7 Å². The fourth-order valence-electron chi connectivity index (χ4n) is 2.43. The molecule has 1 atom stereocenters. The zero-order valence-electron chi connectivity index (χ0n) is 14.4. The molecule has 2 aromatic rings. The van der Waals surface area contributed by atoms with Crippen molar-refractivity contribution in [3.05, 3.63) is 48.0 Å². The van der Waals surface area contributed by atoms with E-state index in [1.54, 1.807) is 20.8 Å². The van der Waals surface area contributed by atoms with Crippen molar-refractivity contribution >= 4 is 22.8 Å². The molecule has 0 aromatic heterocycles. The van der Waals surface area contributed by atoms with Crippen LogP contribution in [0, 0.1) is 0 Å². The van der Waals surface area contributed by atoms with E-state index >= 15 is 0 Å². The Morgan fingerprint density at radius 2 is 1.75 bits per heavy atom. The van der Waals surface area contributed by atoms with Crippen LogP contribution in [0.2, 0.25) is 0 Å². The summed E-state index contributed by atoms with van der Waals surface area (Å²) in [5, 5.41) is 11.4. The molecule has 5 heteroatoms. The molecular formula is C19H23NO4. The Labute approximate surface area is 141 Å². The van der Waals surface area contributed by atoms with E-state index in [1.165, 1.54) is 11.8 Å². The lowest BCUT2D eigenvalue weighted by Gasteiger charge is -2.30. The number of nitrogens with zero attached hydrogens (tertiary/aromatic N) is 1. The van der Waals surface area contributed by atoms with Gasteiger partial charge in [0.25, 0.3) is 0 Å². The molecule has 0 fully saturated rings. The number of aliphatic carboxylic acids is 1. The molecule has 0 unspecified atom stereocenters. The van der Waals surface area contributed by atoms with Crippen LogP contribution in [0.4, 0.5) is 4.79 Å². The van der Waals surface area contributed by atoms with Gasteiger partial charge >= 0.3 is 12.1 Å². The number of rotatable bonds is 4. The molecule has 0 saturated carbocycles. The first-order chi connectivity index (χ1) is 11.2. The number of carboxylic acid groups (broad SMARTS) is 1. The van der Waals surface area contributed by atoms with Crippen molar-refractivity contribution in [2.75, 3.05) is 0 Å². The molecule has 2 rings (SSSR count). The minimum Gasteiger partial charge on any atom is -0.480 e. The molecule has 5 nitrogen and oxygen atoms in total. The van der Waals surface area contributed by atoms with Crippen LogP contribution in [0.3, 0.4) is 0 Å². The fourth-order valence-corrected chi connectivity index (χ4v) is 2.43. The van der Waals surface area contributed by atoms with Crippen LogP contribution < -0.4 is 0 Å². The summed E-state index contributed by atoms with van der Waals surface area (Å²) in [5.74, 6) is -1.07. The highest BCUT2D eigenvalue weighted by Crippen LogP contribution is 2.22. The van der Waals surface area contributed by atoms with Gasteiger partial charge in [-0.3, -0.25) is 4.90 Å². The highest BCUT2D eigenvalue weighted by atomic mass is 16.6. The summed E-state index contributed by atoms with van der Waals surface area (Å²) in [4.78, 5) is 25.1. The predicted molar refractivity (Wildman–Crippen MR) is 92.8 cm³/mol. The lowest BCUT2D eigenvalue weighted by molar-refractivity contribution is -0.142. The molecule has 0 radical (unpaired) electrons. The van der Waals surface area contributed by atoms with Gasteiger partial charge in [-0.2, -0.15) is 0 Å². The first kappa shape index (κ1) is 17.8. The van der Waals surface area contributed by atoms with Crippen molar-refractivity contribution in [3.63, 3.8) is 0 Å². The third kappa shape index (κ3) is 4.25. The maximum Gasteiger partial charge on any atom is 0.411 e. The van der Waals surface area contributed by atoms with E-state index in [0.717, 1.165) is 16.3 Å². The standard InChI is InChI=1S/C19H23NO4/c1-13(17(21)22)20(18(23)24-19(2,3)4)12-15-10-7-9-14-8-5-6-11-16(14)15/h5-11,13H,12H2,1-4H3,(H,21,22)/t13-/m0/s1. The number of fused-ring (bicyclic) bond motifs is 1. The lowest BCUT2D eigenvalue weighted by atomic mass is 10.0. The molecule has 0 aliphatic heterocycles. The topological polar surface area (TPSA) is 66.8 Å². The maximum atomic E-state index is 12.5. The number of benzene rings is 2. The van der Waals surface area contributed by atoms with E-state index in [1.807, 2.05) is 42.5 Å². The molecular weight excluding hydrogens is 306 g/mol. The van der Waals surface area contributed by atoms with Crippen LogP contribution in [-0.2, 0) is 16.1 Å². The van der Waals surface area contributed by atoms with Crippen molar-refractivity contribution in [2.24, 2.45) is 0 Å². The molecule has 1 amide bonds. The smallest absolute Gasteiger partial charge is 0.411 e. The number of carboxylic acids is 1. The molecule has 0 saturated heterocycles. The summed E-state index contributed by atoms with van der Waals surface area (Å²) in [6, 6.07) is 12.6. The highest BCUT2D eigenvalue weighted by molar-refractivity contribution is 5.86. The van der Waals surface area contributed by atoms with Gasteiger partial charge in [-0.1, -0.05) is 42.5 Å². The van der Waals surface area contributed by atoms with Crippen LogP contribution >= 0.6 is 0 Å². The SMILES string of the molecule is C[C@@H](C(=O)O)N(Cc1cccc2ccccc12)C(=O)OC(C)(C)C. The Morgan fingerprint density at radius 3 is 2.38 bits per heavy atom. The summed E-state index contributed by atoms with van der Waals surface area (Å²) >= 11 is 0. The van der Waals surface area contributed by atoms with Crippen molar-refractivity contribution in [1.82, 2.24) is 4.90 Å². The second-order valence-corrected chi connectivity index (χ2v) is 6.76. The zero-order chi connectivity index (χ0) is 17.9. The van der Waals surface area contributed by atoms with Crippen molar-refractivity contribution in [1.29, 1.82) is 0 Å². The van der Waals surface area contributed by atoms with Gasteiger partial charge in [-0.15, -0.1) is 0 Å². The van der Waals surface area contributed by atoms with Crippen LogP contribution in [0.25, 0.3) is 10.8 Å². The average Bonchev–Trinajstić information content (AvgIpc) is 2.50. The van der Waals surface area contributed by atoms with Gasteiger partial charge in [0, 0.05) is 0 Å². The van der Waals surface area contributed by atoms with Crippen molar-refractivity contribution in [2.45, 2.75) is 45.9 Å². The summed E-state index contributed by atoms with van der Waals surface area (Å²) in [5.41, 5.74) is 0.193. The molecule has 0 heterocycles. The number of carbonyl (C=O) groups excluding carboxylic acids is 1. The van der Waals surface area contributed by atoms with E-state index in [2.05, 4.69) is 0 Å². The van der Waals surface area contributed by atoms with E-state index < -0.39 is 23.7 Å². The van der Waals surface area contributed by atoms with Gasteiger partial charge in [0.15, 0.2) is 0 Å². The second-order valence-electron chi connectivity index (χ2n) is 6.76. The molecule has 0 spiro atoms. The van der Waals surface area contributed by atoms with Gasteiger partial charge in [0.2, 0.25) is 0 Å². The second kappa shape index (κ2) is 6.91. The van der Waals surface area contributed by atoms with E-state index in [9.17, 15) is 14.7 Å². The minimum atomic E-state index is -1.07. The van der Waals surface area contributed by atoms with E-state index in [4.69, 9.17) is 4.74 Å². The first-order valence-electron chi connectivity index (χ1n) is 7.88. The molecule has 24 heavy (non-hydrogen) atoms. The summed E-state index contributed by atoms with van der Waals surface area (Å²) in [6.45, 7) is 6.92. The normalized spacial score (nSPS) is 12.7. The number of amides is 1. The molecule has 128 valence electrons. The van der Waals surface area contributed by atoms with E-state index in [0.29, 0.717) is 0 Å². The fraction of sp³-hybridized carbons (Fsp3) is 0.368. The summed E-state index contributed by atoms with van der Waals surface area (Å²) < 4.78 is 5.38. The number of hydrogen-bond donors (Lipinski definition) is 1. The van der Waals surface area contributed by atoms with Crippen molar-refractivity contribution < 1.29 is 19.4 Å². The van der Waals surface area contributed by atoms with Gasteiger partial charge in [-0.05, 0) is 44.0 Å². The third-order valence-electron chi connectivity index (χ3n) is 3.67. The van der Waals surface area contributed by atoms with Crippen LogP contribution in [0.1, 0.15) is 33.3 Å². The number of carbonyl (C=O) groups is 2. The monoisotopic (exact) mass is 329 g/mol. The maximum absolute atomic E-state index is 12.5. The third-order valence-corrected chi connectivity index (χ3v) is 3.67. The molecule has 2 aromatic carbocycles. The van der Waals surface area contributed by atoms with Crippen molar-refractivity contribution in [3.8, 4) is 0 Å². The van der Waals surface area contributed by atoms with E-state index in [-0.39, 0.29) is 6.54 Å². The first-order valence-corrected chi connectivity index (χ1v) is 7.88. The lowest BCUT2D eigenvalue weighted by Crippen LogP contribution is -2.45. The summed E-state index contributed by atoms with van der Waals surface area (Å²) in [6.07, 6.45) is -0.634. The quantitative estimate of drug-likeness (QED) is 0.919. The zero-order valence-corrected chi connectivity index (χ0v) is 14.4. The van der Waals surface area contributed by atoms with Gasteiger partial charge < -0.3 is 9.84 Å². The van der Waals surface area contributed by atoms with Gasteiger partial charge in [0.05, 0.1) is 6.54 Å². The Bertz CT molecular complexity index is 743. The Balaban J connectivity index is 2.37. The molecule has 0 aliphatic carbocycles. The Morgan fingerprint density at radius 1 is 1.12 bits per heavy atom. The molecule has 0 aliphatic rings. The molecule has 1 N–H and O–H groups in total. The molecule has 0 bridgehead atoms. The minimum absolute atomic E-state index is 0.170. The Kier molecular flexibility index (Phi) is 5.12. The van der Waals surface area contributed by atoms with Gasteiger partial charge in [0.1, 0.15) is 11.6 Å². The van der Waals surface area contributed by atoms with Crippen LogP contribution in [0.5, 0.6) is 0 Å². The number of ether oxygens (including phenoxy) is 1. The Hall–Kier alpha value is -2.56. The van der Waals surface area contributed by atoms with Gasteiger partial charge in [-0.25, -0.2) is 9.59 Å².